The van der Waals surface area contributed by atoms with Gasteiger partial charge in [0.25, 0.3) is 0 Å². The Hall–Kier alpha value is -2.07. The fraction of sp³-hybridized carbons (Fsp3) is 0.312. The van der Waals surface area contributed by atoms with E-state index in [9.17, 15) is 0 Å². The molecule has 4 nitrogen and oxygen atoms in total. The lowest BCUT2D eigenvalue weighted by atomic mass is 10.1. The van der Waals surface area contributed by atoms with E-state index in [1.165, 1.54) is 0 Å². The van der Waals surface area contributed by atoms with E-state index < -0.39 is 0 Å². The molecule has 0 spiro atoms. The number of aromatic nitrogens is 1. The standard InChI is InChI=1S/C16H18N2O2/c1-3-17-13(16-11(2)8-9-19-16)10-15-18-12-6-4-5-7-14(12)20-15/h4-9,13,17H,3,10H2,1-2H3. The van der Waals surface area contributed by atoms with Gasteiger partial charge in [-0.2, -0.15) is 0 Å². The monoisotopic (exact) mass is 270 g/mol. The highest BCUT2D eigenvalue weighted by molar-refractivity contribution is 5.72. The van der Waals surface area contributed by atoms with Crippen LogP contribution in [0.4, 0.5) is 0 Å². The quantitative estimate of drug-likeness (QED) is 0.769. The van der Waals surface area contributed by atoms with E-state index in [0.29, 0.717) is 6.42 Å². The van der Waals surface area contributed by atoms with Gasteiger partial charge in [0.1, 0.15) is 11.3 Å². The molecule has 3 aromatic rings. The Kier molecular flexibility index (Phi) is 3.56. The summed E-state index contributed by atoms with van der Waals surface area (Å²) in [7, 11) is 0. The summed E-state index contributed by atoms with van der Waals surface area (Å²) in [4.78, 5) is 4.53. The van der Waals surface area contributed by atoms with E-state index >= 15 is 0 Å². The number of fused-ring (bicyclic) bond motifs is 1. The molecule has 0 fully saturated rings. The number of para-hydroxylation sites is 2. The van der Waals surface area contributed by atoms with E-state index in [1.54, 1.807) is 6.26 Å². The molecule has 0 amide bonds. The first kappa shape index (κ1) is 12.9. The van der Waals surface area contributed by atoms with Crippen LogP contribution in [0.1, 0.15) is 30.2 Å². The lowest BCUT2D eigenvalue weighted by molar-refractivity contribution is 0.387. The number of nitrogens with zero attached hydrogens (tertiary/aromatic N) is 1. The van der Waals surface area contributed by atoms with Crippen molar-refractivity contribution in [2.45, 2.75) is 26.3 Å². The molecule has 4 heteroatoms. The summed E-state index contributed by atoms with van der Waals surface area (Å²) in [6.45, 7) is 5.00. The molecular formula is C16H18N2O2. The van der Waals surface area contributed by atoms with Gasteiger partial charge in [0, 0.05) is 6.42 Å². The van der Waals surface area contributed by atoms with Crippen LogP contribution in [-0.2, 0) is 6.42 Å². The van der Waals surface area contributed by atoms with Crippen LogP contribution in [0.3, 0.4) is 0 Å². The minimum absolute atomic E-state index is 0.0862. The highest BCUT2D eigenvalue weighted by atomic mass is 16.3. The van der Waals surface area contributed by atoms with Crippen LogP contribution in [0.5, 0.6) is 0 Å². The number of oxazole rings is 1. The summed E-state index contributed by atoms with van der Waals surface area (Å²) in [5.74, 6) is 1.68. The normalized spacial score (nSPS) is 12.9. The first-order valence-corrected chi connectivity index (χ1v) is 6.89. The lowest BCUT2D eigenvalue weighted by Crippen LogP contribution is -2.23. The smallest absolute Gasteiger partial charge is 0.197 e. The number of nitrogens with one attached hydrogen (secondary N) is 1. The lowest BCUT2D eigenvalue weighted by Gasteiger charge is -2.14. The third-order valence-electron chi connectivity index (χ3n) is 3.39. The minimum atomic E-state index is 0.0862. The molecule has 1 N–H and O–H groups in total. The Morgan fingerprint density at radius 3 is 2.80 bits per heavy atom. The van der Waals surface area contributed by atoms with Gasteiger partial charge < -0.3 is 14.2 Å². The van der Waals surface area contributed by atoms with Crippen LogP contribution in [0.2, 0.25) is 0 Å². The number of hydrogen-bond acceptors (Lipinski definition) is 4. The predicted molar refractivity (Wildman–Crippen MR) is 77.6 cm³/mol. The molecule has 20 heavy (non-hydrogen) atoms. The maximum atomic E-state index is 5.79. The highest BCUT2D eigenvalue weighted by Crippen LogP contribution is 2.24. The second kappa shape index (κ2) is 5.51. The van der Waals surface area contributed by atoms with E-state index in [4.69, 9.17) is 8.83 Å². The topological polar surface area (TPSA) is 51.2 Å². The van der Waals surface area contributed by atoms with Crippen molar-refractivity contribution in [3.05, 3.63) is 53.8 Å². The van der Waals surface area contributed by atoms with Gasteiger partial charge in [0.2, 0.25) is 0 Å². The number of likely N-dealkylation sites (N-methyl/N-ethyl adjacent to an activating group) is 1. The number of furan rings is 1. The summed E-state index contributed by atoms with van der Waals surface area (Å²) in [5, 5.41) is 3.42. The van der Waals surface area contributed by atoms with E-state index in [-0.39, 0.29) is 6.04 Å². The maximum Gasteiger partial charge on any atom is 0.197 e. The van der Waals surface area contributed by atoms with Crippen LogP contribution in [0.15, 0.2) is 45.4 Å². The zero-order chi connectivity index (χ0) is 13.9. The van der Waals surface area contributed by atoms with Crippen LogP contribution < -0.4 is 5.32 Å². The molecule has 0 saturated heterocycles. The van der Waals surface area contributed by atoms with Gasteiger partial charge in [-0.25, -0.2) is 4.98 Å². The molecule has 0 radical (unpaired) electrons. The van der Waals surface area contributed by atoms with Crippen LogP contribution in [0.25, 0.3) is 11.1 Å². The van der Waals surface area contributed by atoms with Crippen LogP contribution in [-0.4, -0.2) is 11.5 Å². The SMILES string of the molecule is CCNC(Cc1nc2ccccc2o1)c1occc1C. The van der Waals surface area contributed by atoms with Gasteiger partial charge >= 0.3 is 0 Å². The van der Waals surface area contributed by atoms with Crippen molar-refractivity contribution >= 4 is 11.1 Å². The molecular weight excluding hydrogens is 252 g/mol. The number of aryl methyl sites for hydroxylation is 1. The molecule has 1 unspecified atom stereocenters. The predicted octanol–water partition coefficient (Wildman–Crippen LogP) is 3.62. The zero-order valence-electron chi connectivity index (χ0n) is 11.7. The van der Waals surface area contributed by atoms with Crippen molar-refractivity contribution in [1.82, 2.24) is 10.3 Å². The molecule has 0 aliphatic rings. The van der Waals surface area contributed by atoms with Gasteiger partial charge in [-0.15, -0.1) is 0 Å². The molecule has 3 rings (SSSR count). The summed E-state index contributed by atoms with van der Waals surface area (Å²) < 4.78 is 11.4. The van der Waals surface area contributed by atoms with Crippen molar-refractivity contribution < 1.29 is 8.83 Å². The first-order valence-electron chi connectivity index (χ1n) is 6.89. The highest BCUT2D eigenvalue weighted by Gasteiger charge is 2.19. The summed E-state index contributed by atoms with van der Waals surface area (Å²) in [5.41, 5.74) is 2.87. The van der Waals surface area contributed by atoms with Crippen molar-refractivity contribution in [3.8, 4) is 0 Å². The summed E-state index contributed by atoms with van der Waals surface area (Å²) in [6, 6.07) is 9.88. The molecule has 0 bridgehead atoms. The summed E-state index contributed by atoms with van der Waals surface area (Å²) >= 11 is 0. The molecule has 2 heterocycles. The van der Waals surface area contributed by atoms with Gasteiger partial charge in [0.15, 0.2) is 11.5 Å². The molecule has 2 aromatic heterocycles. The average molecular weight is 270 g/mol. The fourth-order valence-electron chi connectivity index (χ4n) is 2.43. The third-order valence-corrected chi connectivity index (χ3v) is 3.39. The van der Waals surface area contributed by atoms with E-state index in [2.05, 4.69) is 24.1 Å². The zero-order valence-corrected chi connectivity index (χ0v) is 11.7. The van der Waals surface area contributed by atoms with Crippen molar-refractivity contribution in [3.63, 3.8) is 0 Å². The molecule has 1 atom stereocenters. The fourth-order valence-corrected chi connectivity index (χ4v) is 2.43. The third kappa shape index (κ3) is 2.47. The van der Waals surface area contributed by atoms with Crippen LogP contribution in [0, 0.1) is 6.92 Å². The Balaban J connectivity index is 1.88. The van der Waals surface area contributed by atoms with Crippen molar-refractivity contribution in [1.29, 1.82) is 0 Å². The molecule has 0 aliphatic carbocycles. The maximum absolute atomic E-state index is 5.79. The average Bonchev–Trinajstić information content (AvgIpc) is 3.03. The van der Waals surface area contributed by atoms with Crippen molar-refractivity contribution in [2.24, 2.45) is 0 Å². The molecule has 1 aromatic carbocycles. The van der Waals surface area contributed by atoms with Gasteiger partial charge in [-0.05, 0) is 37.2 Å². The minimum Gasteiger partial charge on any atom is -0.467 e. The number of hydrogen-bond donors (Lipinski definition) is 1. The molecule has 0 aliphatic heterocycles. The molecule has 104 valence electrons. The Labute approximate surface area is 117 Å². The Bertz CT molecular complexity index is 666. The number of benzene rings is 1. The Morgan fingerprint density at radius 2 is 2.10 bits per heavy atom. The first-order chi connectivity index (χ1) is 9.78. The van der Waals surface area contributed by atoms with Crippen molar-refractivity contribution in [2.75, 3.05) is 6.54 Å². The Morgan fingerprint density at radius 1 is 1.25 bits per heavy atom. The van der Waals surface area contributed by atoms with E-state index in [0.717, 1.165) is 34.9 Å². The van der Waals surface area contributed by atoms with Gasteiger partial charge in [0.05, 0.1) is 12.3 Å². The molecule has 0 saturated carbocycles. The van der Waals surface area contributed by atoms with E-state index in [1.807, 2.05) is 30.3 Å². The van der Waals surface area contributed by atoms with Gasteiger partial charge in [-0.1, -0.05) is 19.1 Å². The van der Waals surface area contributed by atoms with Crippen LogP contribution >= 0.6 is 0 Å². The number of rotatable bonds is 5. The second-order valence-corrected chi connectivity index (χ2v) is 4.86. The largest absolute Gasteiger partial charge is 0.467 e. The summed E-state index contributed by atoms with van der Waals surface area (Å²) in [6.07, 6.45) is 2.40. The second-order valence-electron chi connectivity index (χ2n) is 4.86. The van der Waals surface area contributed by atoms with Gasteiger partial charge in [-0.3, -0.25) is 0 Å².